The van der Waals surface area contributed by atoms with E-state index in [0.717, 1.165) is 27.6 Å². The molecule has 4 heterocycles. The minimum absolute atomic E-state index is 0.00962. The summed E-state index contributed by atoms with van der Waals surface area (Å²) in [7, 11) is 4.76. The van der Waals surface area contributed by atoms with Gasteiger partial charge in [-0.25, -0.2) is 14.6 Å². The van der Waals surface area contributed by atoms with Crippen LogP contribution < -0.4 is 37.6 Å². The Kier molecular flexibility index (Phi) is 29.1. The monoisotopic (exact) mass is 1380 g/mol. The number of urea groups is 1. The van der Waals surface area contributed by atoms with E-state index in [2.05, 4.69) is 36.9 Å². The number of methoxy groups -OCH3 is 2. The molecule has 27 nitrogen and oxygen atoms in total. The summed E-state index contributed by atoms with van der Waals surface area (Å²) in [6, 6.07) is 9.86. The van der Waals surface area contributed by atoms with Crippen molar-refractivity contribution in [2.45, 2.75) is 186 Å². The van der Waals surface area contributed by atoms with Crippen LogP contribution in [0, 0.1) is 29.6 Å². The number of imide groups is 1. The lowest BCUT2D eigenvalue weighted by Gasteiger charge is -2.41. The first kappa shape index (κ1) is 77.0. The van der Waals surface area contributed by atoms with Crippen molar-refractivity contribution in [2.75, 3.05) is 59.4 Å². The molecule has 8 N–H and O–H groups in total. The third-order valence-corrected chi connectivity index (χ3v) is 20.1. The number of likely N-dealkylation sites (N-methyl/N-ethyl adjacent to an activating group) is 1. The van der Waals surface area contributed by atoms with Crippen LogP contribution in [0.2, 0.25) is 0 Å². The Bertz CT molecular complexity index is 3230. The predicted octanol–water partition coefficient (Wildman–Crippen LogP) is 5.14. The second kappa shape index (κ2) is 37.0. The van der Waals surface area contributed by atoms with Gasteiger partial charge in [-0.2, -0.15) is 0 Å². The largest absolute Gasteiger partial charge is 0.445 e. The van der Waals surface area contributed by atoms with E-state index in [1.807, 2.05) is 70.3 Å². The van der Waals surface area contributed by atoms with Crippen LogP contribution in [-0.2, 0) is 75.1 Å². The molecule has 4 aliphatic rings. The summed E-state index contributed by atoms with van der Waals surface area (Å²) in [5.41, 5.74) is 7.21. The van der Waals surface area contributed by atoms with E-state index < -0.39 is 114 Å². The molecule has 0 spiro atoms. The summed E-state index contributed by atoms with van der Waals surface area (Å²) in [4.78, 5) is 159. The van der Waals surface area contributed by atoms with Gasteiger partial charge in [-0.15, -0.1) is 11.3 Å². The molecule has 13 atom stereocenters. The number of nitrogens with one attached hydrogen (secondary N) is 6. The van der Waals surface area contributed by atoms with Crippen LogP contribution in [0.1, 0.15) is 135 Å². The lowest BCUT2D eigenvalue weighted by molar-refractivity contribution is -0.148. The van der Waals surface area contributed by atoms with Gasteiger partial charge in [-0.05, 0) is 98.3 Å². The molecule has 1 aliphatic carbocycles. The van der Waals surface area contributed by atoms with E-state index in [0.29, 0.717) is 62.7 Å². The number of carbonyl (C=O) groups is 11. The number of benzene rings is 2. The number of anilines is 1. The van der Waals surface area contributed by atoms with Gasteiger partial charge in [0.15, 0.2) is 0 Å². The highest BCUT2D eigenvalue weighted by molar-refractivity contribution is 7.09. The molecule has 536 valence electrons. The average Bonchev–Trinajstić information content (AvgIpc) is 1.60. The third kappa shape index (κ3) is 20.6. The summed E-state index contributed by atoms with van der Waals surface area (Å²) in [6.07, 6.45) is 6.56. The average molecular weight is 1380 g/mol. The number of hydrogen-bond donors (Lipinski definition) is 7. The molecule has 28 heteroatoms. The van der Waals surface area contributed by atoms with Crippen molar-refractivity contribution in [2.24, 2.45) is 35.3 Å². The van der Waals surface area contributed by atoms with E-state index in [1.54, 1.807) is 68.3 Å². The number of hydrogen-bond acceptors (Lipinski definition) is 17. The van der Waals surface area contributed by atoms with Crippen molar-refractivity contribution < 1.29 is 71.7 Å². The van der Waals surface area contributed by atoms with Crippen molar-refractivity contribution in [1.82, 2.24) is 51.2 Å². The number of aromatic nitrogens is 1. The Balaban J connectivity index is 0.935. The maximum Gasteiger partial charge on any atom is 0.411 e. The Morgan fingerprint density at radius 1 is 0.796 bits per heavy atom. The number of piperidine rings is 1. The minimum Gasteiger partial charge on any atom is -0.445 e. The Hall–Kier alpha value is -8.34. The molecule has 3 fully saturated rings. The summed E-state index contributed by atoms with van der Waals surface area (Å²) in [6.45, 7) is 13.3. The van der Waals surface area contributed by atoms with Gasteiger partial charge in [0, 0.05) is 76.2 Å². The van der Waals surface area contributed by atoms with E-state index in [1.165, 1.54) is 23.3 Å². The number of amides is 12. The first-order valence-electron chi connectivity index (χ1n) is 34.1. The fourth-order valence-corrected chi connectivity index (χ4v) is 14.4. The molecule has 3 aliphatic heterocycles. The van der Waals surface area contributed by atoms with Gasteiger partial charge in [0.05, 0.1) is 62.4 Å². The van der Waals surface area contributed by atoms with E-state index in [9.17, 15) is 52.7 Å². The quantitative estimate of drug-likeness (QED) is 0.0290. The first-order valence-corrected chi connectivity index (χ1v) is 35.0. The molecular formula is C70H100N12O15S. The molecule has 1 aromatic heterocycles. The van der Waals surface area contributed by atoms with Gasteiger partial charge in [0.1, 0.15) is 35.8 Å². The number of rotatable bonds is 37. The predicted molar refractivity (Wildman–Crippen MR) is 365 cm³/mol. The van der Waals surface area contributed by atoms with Gasteiger partial charge < -0.3 is 66.4 Å². The lowest BCUT2D eigenvalue weighted by Crippen LogP contribution is -2.60. The number of fused-ring (bicyclic) bond motifs is 2. The first-order chi connectivity index (χ1) is 46.8. The molecule has 0 radical (unpaired) electrons. The van der Waals surface area contributed by atoms with Gasteiger partial charge in [0.25, 0.3) is 11.8 Å². The lowest BCUT2D eigenvalue weighted by atomic mass is 9.89. The Labute approximate surface area is 578 Å². The number of carbonyl (C=O) groups excluding carboxylic acids is 11. The molecular weight excluding hydrogens is 1280 g/mol. The van der Waals surface area contributed by atoms with Crippen LogP contribution in [0.4, 0.5) is 15.3 Å². The zero-order valence-corrected chi connectivity index (χ0v) is 58.8. The molecule has 0 unspecified atom stereocenters. The number of thiazole rings is 1. The smallest absolute Gasteiger partial charge is 0.411 e. The topological polar surface area (TPSA) is 349 Å². The normalized spacial score (nSPS) is 20.0. The van der Waals surface area contributed by atoms with Crippen molar-refractivity contribution in [3.63, 3.8) is 0 Å². The SMILES string of the molecule is CC[C@H](C)[C@@H]([C@@H](CC(=O)N1CCC[C@H]1[C@H](OC)[C@@H](C)C(=O)N[C@@H](Cc1ccccc1)c1nccs1)OC)N(C)C(=O)[C@@H](NC(=O)[C@@H]1[C@H]2CC[C@H](C2)N1C(=O)OCc1ccc(NC(=O)[C@H](CCCNC(N)=O)NC(=O)[C@@H](NC(=O)CCOCCN2C(=O)C=CC2=O)C(C)C)cc1)C(C)C. The van der Waals surface area contributed by atoms with Crippen molar-refractivity contribution in [3.8, 4) is 0 Å². The molecule has 2 saturated heterocycles. The third-order valence-electron chi connectivity index (χ3n) is 19.2. The fraction of sp³-hybridized carbons (Fsp3) is 0.600. The van der Waals surface area contributed by atoms with Gasteiger partial charge in [0.2, 0.25) is 41.4 Å². The van der Waals surface area contributed by atoms with Crippen LogP contribution in [-0.4, -0.2) is 198 Å². The number of nitrogens with two attached hydrogens (primary N) is 1. The van der Waals surface area contributed by atoms with Crippen LogP contribution >= 0.6 is 11.3 Å². The number of nitrogens with zero attached hydrogens (tertiary/aromatic N) is 5. The highest BCUT2D eigenvalue weighted by Crippen LogP contribution is 2.43. The highest BCUT2D eigenvalue weighted by Gasteiger charge is 2.53. The summed E-state index contributed by atoms with van der Waals surface area (Å²) >= 11 is 1.47. The van der Waals surface area contributed by atoms with Crippen molar-refractivity contribution in [3.05, 3.63) is 94.5 Å². The highest BCUT2D eigenvalue weighted by atomic mass is 32.1. The number of primary amides is 1. The van der Waals surface area contributed by atoms with E-state index >= 15 is 0 Å². The molecule has 3 aromatic rings. The summed E-state index contributed by atoms with van der Waals surface area (Å²) < 4.78 is 23.6. The second-order valence-electron chi connectivity index (χ2n) is 26.6. The maximum atomic E-state index is 15.0. The molecule has 2 aromatic carbocycles. The molecule has 1 saturated carbocycles. The second-order valence-corrected chi connectivity index (χ2v) is 27.5. The van der Waals surface area contributed by atoms with Crippen LogP contribution in [0.3, 0.4) is 0 Å². The molecule has 98 heavy (non-hydrogen) atoms. The Morgan fingerprint density at radius 2 is 1.50 bits per heavy atom. The minimum atomic E-state index is -1.13. The summed E-state index contributed by atoms with van der Waals surface area (Å²) in [5.74, 6) is -5.68. The molecule has 7 rings (SSSR count). The zero-order chi connectivity index (χ0) is 71.3. The van der Waals surface area contributed by atoms with Crippen LogP contribution in [0.15, 0.2) is 78.3 Å². The van der Waals surface area contributed by atoms with E-state index in [-0.39, 0.29) is 100 Å². The van der Waals surface area contributed by atoms with Gasteiger partial charge >= 0.3 is 12.1 Å². The summed E-state index contributed by atoms with van der Waals surface area (Å²) in [5, 5.41) is 19.6. The van der Waals surface area contributed by atoms with Gasteiger partial charge in [-0.1, -0.05) is 97.4 Å². The molecule has 2 bridgehead atoms. The maximum absolute atomic E-state index is 15.0. The Morgan fingerprint density at radius 3 is 2.13 bits per heavy atom. The standard InChI is InChI=1S/C70H100N12O15S/c1-11-43(6)60(53(94-9)39-57(86)80-32-16-20-52(80)62(95-10)44(7)63(87)76-51(67-72-31-36-98-67)37-45-17-13-12-14-18-45)79(8)68(91)59(42(4)5)78-66(90)61-47-23-26-49(38-47)82(61)70(93)97-40-46-21-24-48(25-22-46)74-64(88)50(19-15-30-73-69(71)92)75-65(89)58(41(2)3)77-54(83)29-34-96-35-33-81-55(84)27-28-56(81)85/h12-14,17-18,21-22,24-25,27-28,31,36,41-44,47,49-53,58-62H,11,15-16,19-20,23,26,29-30,32-35,37-40H2,1-10H3,(H,74,88)(H,75,89)(H,76,87)(H,77,83)(H,78,90)(H3,71,73,92)/t43-,44+,47-,49+,50-,51-,52-,53+,58-,59-,60-,61-,62+/m0/s1. The van der Waals surface area contributed by atoms with Crippen LogP contribution in [0.25, 0.3) is 0 Å². The van der Waals surface area contributed by atoms with Gasteiger partial charge in [-0.3, -0.25) is 53.0 Å². The number of ether oxygens (including phenoxy) is 4. The zero-order valence-electron chi connectivity index (χ0n) is 58.0. The fourth-order valence-electron chi connectivity index (χ4n) is 13.7. The molecule has 12 amide bonds. The van der Waals surface area contributed by atoms with E-state index in [4.69, 9.17) is 24.7 Å². The van der Waals surface area contributed by atoms with Crippen molar-refractivity contribution >= 4 is 82.3 Å². The number of likely N-dealkylation sites (tertiary alicyclic amines) is 2. The van der Waals surface area contributed by atoms with Crippen molar-refractivity contribution in [1.29, 1.82) is 0 Å². The van der Waals surface area contributed by atoms with Crippen LogP contribution in [0.5, 0.6) is 0 Å².